The number of benzene rings is 1. The summed E-state index contributed by atoms with van der Waals surface area (Å²) in [6.07, 6.45) is 0. The first-order valence-electron chi connectivity index (χ1n) is 5.96. The molecule has 0 atom stereocenters. The predicted molar refractivity (Wildman–Crippen MR) is 74.9 cm³/mol. The molecule has 0 aliphatic carbocycles. The fourth-order valence-electron chi connectivity index (χ4n) is 2.31. The molecular formula is C14H11FN2O2S. The Labute approximate surface area is 118 Å². The summed E-state index contributed by atoms with van der Waals surface area (Å²) in [7, 11) is 0. The van der Waals surface area contributed by atoms with Crippen LogP contribution in [0.4, 0.5) is 4.39 Å². The molecule has 3 aromatic rings. The Hall–Kier alpha value is -2.21. The number of carboxylic acid groups (broad SMARTS) is 1. The highest BCUT2D eigenvalue weighted by atomic mass is 32.1. The Kier molecular flexibility index (Phi) is 2.83. The number of halogens is 1. The van der Waals surface area contributed by atoms with Gasteiger partial charge in [-0.2, -0.15) is 0 Å². The summed E-state index contributed by atoms with van der Waals surface area (Å²) in [5.74, 6) is -1.34. The zero-order chi connectivity index (χ0) is 14.4. The SMILES string of the molecule is Cc1nc2sc(C)c(-c3ccc(F)cc3)n2c1C(=O)O. The van der Waals surface area contributed by atoms with Crippen molar-refractivity contribution in [2.75, 3.05) is 0 Å². The molecule has 3 rings (SSSR count). The van der Waals surface area contributed by atoms with Gasteiger partial charge in [0.05, 0.1) is 11.4 Å². The first-order valence-corrected chi connectivity index (χ1v) is 6.78. The van der Waals surface area contributed by atoms with Crippen LogP contribution in [0.15, 0.2) is 24.3 Å². The van der Waals surface area contributed by atoms with Gasteiger partial charge in [-0.25, -0.2) is 14.2 Å². The van der Waals surface area contributed by atoms with E-state index in [0.717, 1.165) is 16.1 Å². The van der Waals surface area contributed by atoms with Gasteiger partial charge in [0.2, 0.25) is 0 Å². The number of hydrogen-bond acceptors (Lipinski definition) is 3. The topological polar surface area (TPSA) is 54.6 Å². The highest BCUT2D eigenvalue weighted by Gasteiger charge is 2.22. The van der Waals surface area contributed by atoms with E-state index in [-0.39, 0.29) is 11.5 Å². The lowest BCUT2D eigenvalue weighted by molar-refractivity contribution is 0.0688. The molecule has 102 valence electrons. The number of rotatable bonds is 2. The molecule has 0 saturated heterocycles. The van der Waals surface area contributed by atoms with Crippen LogP contribution in [0, 0.1) is 19.7 Å². The molecule has 0 aliphatic rings. The second-order valence-electron chi connectivity index (χ2n) is 4.48. The van der Waals surface area contributed by atoms with Gasteiger partial charge < -0.3 is 5.11 Å². The van der Waals surface area contributed by atoms with E-state index in [9.17, 15) is 14.3 Å². The van der Waals surface area contributed by atoms with Crippen molar-refractivity contribution in [3.05, 3.63) is 46.3 Å². The summed E-state index contributed by atoms with van der Waals surface area (Å²) in [6.45, 7) is 3.58. The molecule has 0 unspecified atom stereocenters. The van der Waals surface area contributed by atoms with Gasteiger partial charge in [0.1, 0.15) is 5.82 Å². The van der Waals surface area contributed by atoms with E-state index in [1.807, 2.05) is 6.92 Å². The van der Waals surface area contributed by atoms with E-state index < -0.39 is 5.97 Å². The standard InChI is InChI=1S/C14H11FN2O2S/c1-7-11(13(18)19)17-12(8(2)20-14(17)16-7)9-3-5-10(15)6-4-9/h3-6H,1-2H3,(H,18,19). The number of carbonyl (C=O) groups is 1. The fraction of sp³-hybridized carbons (Fsp3) is 0.143. The highest BCUT2D eigenvalue weighted by Crippen LogP contribution is 2.33. The number of aryl methyl sites for hydroxylation is 2. The molecule has 2 heterocycles. The van der Waals surface area contributed by atoms with Gasteiger partial charge in [0.25, 0.3) is 0 Å². The molecular weight excluding hydrogens is 279 g/mol. The maximum atomic E-state index is 13.0. The van der Waals surface area contributed by atoms with Crippen LogP contribution in [0.3, 0.4) is 0 Å². The van der Waals surface area contributed by atoms with E-state index in [4.69, 9.17) is 0 Å². The number of thiazole rings is 1. The molecule has 1 aromatic carbocycles. The summed E-state index contributed by atoms with van der Waals surface area (Å²) < 4.78 is 14.7. The number of aromatic nitrogens is 2. The first-order chi connectivity index (χ1) is 9.49. The first kappa shape index (κ1) is 12.8. The van der Waals surface area contributed by atoms with Crippen molar-refractivity contribution in [1.29, 1.82) is 0 Å². The Morgan fingerprint density at radius 2 is 1.95 bits per heavy atom. The summed E-state index contributed by atoms with van der Waals surface area (Å²) in [6, 6.07) is 6.01. The number of carboxylic acids is 1. The van der Waals surface area contributed by atoms with E-state index in [2.05, 4.69) is 4.98 Å². The van der Waals surface area contributed by atoms with Crippen molar-refractivity contribution in [2.45, 2.75) is 13.8 Å². The molecule has 0 aliphatic heterocycles. The zero-order valence-electron chi connectivity index (χ0n) is 10.8. The Morgan fingerprint density at radius 1 is 1.30 bits per heavy atom. The zero-order valence-corrected chi connectivity index (χ0v) is 11.7. The van der Waals surface area contributed by atoms with Crippen LogP contribution in [0.5, 0.6) is 0 Å². The summed E-state index contributed by atoms with van der Waals surface area (Å²) in [5, 5.41) is 9.36. The van der Waals surface area contributed by atoms with E-state index in [1.165, 1.54) is 23.5 Å². The van der Waals surface area contributed by atoms with Crippen molar-refractivity contribution in [2.24, 2.45) is 0 Å². The molecule has 20 heavy (non-hydrogen) atoms. The summed E-state index contributed by atoms with van der Waals surface area (Å²) in [5.41, 5.74) is 2.16. The number of fused-ring (bicyclic) bond motifs is 1. The Bertz CT molecular complexity index is 818. The minimum Gasteiger partial charge on any atom is -0.477 e. The van der Waals surface area contributed by atoms with Gasteiger partial charge >= 0.3 is 5.97 Å². The highest BCUT2D eigenvalue weighted by molar-refractivity contribution is 7.17. The van der Waals surface area contributed by atoms with E-state index in [0.29, 0.717) is 10.7 Å². The lowest BCUT2D eigenvalue weighted by Crippen LogP contribution is -2.04. The summed E-state index contributed by atoms with van der Waals surface area (Å²) in [4.78, 5) is 17.3. The van der Waals surface area contributed by atoms with Crippen molar-refractivity contribution in [1.82, 2.24) is 9.38 Å². The van der Waals surface area contributed by atoms with Gasteiger partial charge in [-0.1, -0.05) is 0 Å². The molecule has 0 saturated carbocycles. The van der Waals surface area contributed by atoms with Crippen molar-refractivity contribution < 1.29 is 14.3 Å². The molecule has 0 fully saturated rings. The Balaban J connectivity index is 2.37. The molecule has 0 amide bonds. The monoisotopic (exact) mass is 290 g/mol. The Morgan fingerprint density at radius 3 is 2.55 bits per heavy atom. The average Bonchev–Trinajstić information content (AvgIpc) is 2.83. The minimum absolute atomic E-state index is 0.156. The maximum absolute atomic E-state index is 13.0. The second kappa shape index (κ2) is 4.42. The van der Waals surface area contributed by atoms with Gasteiger partial charge in [-0.15, -0.1) is 11.3 Å². The predicted octanol–water partition coefficient (Wildman–Crippen LogP) is 3.52. The largest absolute Gasteiger partial charge is 0.477 e. The average molecular weight is 290 g/mol. The quantitative estimate of drug-likeness (QED) is 0.785. The molecule has 1 N–H and O–H groups in total. The fourth-order valence-corrected chi connectivity index (χ4v) is 3.35. The number of nitrogens with zero attached hydrogens (tertiary/aromatic N) is 2. The smallest absolute Gasteiger partial charge is 0.354 e. The summed E-state index contributed by atoms with van der Waals surface area (Å²) >= 11 is 1.42. The van der Waals surface area contributed by atoms with Crippen LogP contribution in [0.1, 0.15) is 21.1 Å². The molecule has 6 heteroatoms. The van der Waals surface area contributed by atoms with Gasteiger partial charge in [0.15, 0.2) is 10.7 Å². The molecule has 0 bridgehead atoms. The molecule has 2 aromatic heterocycles. The van der Waals surface area contributed by atoms with E-state index in [1.54, 1.807) is 23.5 Å². The lowest BCUT2D eigenvalue weighted by atomic mass is 10.1. The van der Waals surface area contributed by atoms with E-state index >= 15 is 0 Å². The molecule has 0 spiro atoms. The van der Waals surface area contributed by atoms with Crippen LogP contribution in [0.2, 0.25) is 0 Å². The van der Waals surface area contributed by atoms with Gasteiger partial charge in [-0.05, 0) is 43.7 Å². The normalized spacial score (nSPS) is 11.2. The maximum Gasteiger partial charge on any atom is 0.354 e. The molecule has 0 radical (unpaired) electrons. The van der Waals surface area contributed by atoms with Crippen LogP contribution in [-0.4, -0.2) is 20.5 Å². The second-order valence-corrected chi connectivity index (χ2v) is 5.66. The van der Waals surface area contributed by atoms with Gasteiger partial charge in [0, 0.05) is 4.88 Å². The van der Waals surface area contributed by atoms with Crippen LogP contribution >= 0.6 is 11.3 Å². The molecule has 4 nitrogen and oxygen atoms in total. The number of hydrogen-bond donors (Lipinski definition) is 1. The number of imidazole rings is 1. The third kappa shape index (κ3) is 1.80. The third-order valence-corrected chi connectivity index (χ3v) is 4.10. The number of aromatic carboxylic acids is 1. The minimum atomic E-state index is -1.02. The van der Waals surface area contributed by atoms with Crippen LogP contribution in [0.25, 0.3) is 16.2 Å². The third-order valence-electron chi connectivity index (χ3n) is 3.14. The van der Waals surface area contributed by atoms with Crippen LogP contribution in [-0.2, 0) is 0 Å². The van der Waals surface area contributed by atoms with Crippen molar-refractivity contribution >= 4 is 22.3 Å². The van der Waals surface area contributed by atoms with Crippen molar-refractivity contribution in [3.8, 4) is 11.3 Å². The van der Waals surface area contributed by atoms with Gasteiger partial charge in [-0.3, -0.25) is 4.40 Å². The lowest BCUT2D eigenvalue weighted by Gasteiger charge is -2.04. The van der Waals surface area contributed by atoms with Crippen molar-refractivity contribution in [3.63, 3.8) is 0 Å². The van der Waals surface area contributed by atoms with Crippen LogP contribution < -0.4 is 0 Å².